The molecule has 1 saturated heterocycles. The molecule has 2 atom stereocenters. The summed E-state index contributed by atoms with van der Waals surface area (Å²) in [7, 11) is 0. The maximum absolute atomic E-state index is 3.68. The van der Waals surface area contributed by atoms with E-state index in [-0.39, 0.29) is 0 Å². The van der Waals surface area contributed by atoms with E-state index >= 15 is 0 Å². The first kappa shape index (κ1) is 11.4. The Morgan fingerprint density at radius 1 is 1.33 bits per heavy atom. The average molecular weight is 211 g/mol. The molecule has 1 saturated carbocycles. The molecule has 1 heterocycles. The number of hydrogen-bond donors (Lipinski definition) is 2. The Labute approximate surface area is 93.6 Å². The summed E-state index contributed by atoms with van der Waals surface area (Å²) in [5.41, 5.74) is 0.310. The largest absolute Gasteiger partial charge is 0.314 e. The van der Waals surface area contributed by atoms with E-state index in [1.165, 1.54) is 19.5 Å². The second-order valence-electron chi connectivity index (χ2n) is 5.75. The predicted octanol–water partition coefficient (Wildman–Crippen LogP) is 0.668. The number of rotatable bonds is 4. The standard InChI is InChI=1S/C12H25N3/c1-10-8-11(10)14-9-12(2,3)15-6-4-13-5-7-15/h10-11,13-14H,4-9H2,1-3H3. The average Bonchev–Trinajstić information content (AvgIpc) is 2.93. The number of nitrogens with zero attached hydrogens (tertiary/aromatic N) is 1. The molecule has 2 unspecified atom stereocenters. The molecule has 3 nitrogen and oxygen atoms in total. The zero-order valence-electron chi connectivity index (χ0n) is 10.3. The van der Waals surface area contributed by atoms with Gasteiger partial charge in [0.25, 0.3) is 0 Å². The van der Waals surface area contributed by atoms with Gasteiger partial charge in [-0.05, 0) is 26.2 Å². The maximum atomic E-state index is 3.68. The van der Waals surface area contributed by atoms with E-state index in [0.29, 0.717) is 5.54 Å². The van der Waals surface area contributed by atoms with Crippen molar-refractivity contribution in [2.45, 2.75) is 38.8 Å². The fraction of sp³-hybridized carbons (Fsp3) is 1.00. The molecule has 2 N–H and O–H groups in total. The van der Waals surface area contributed by atoms with E-state index in [4.69, 9.17) is 0 Å². The van der Waals surface area contributed by atoms with Crippen LogP contribution in [0.5, 0.6) is 0 Å². The molecule has 0 amide bonds. The van der Waals surface area contributed by atoms with Gasteiger partial charge in [0.05, 0.1) is 0 Å². The van der Waals surface area contributed by atoms with Gasteiger partial charge in [0.15, 0.2) is 0 Å². The summed E-state index contributed by atoms with van der Waals surface area (Å²) in [4.78, 5) is 2.60. The second-order valence-corrected chi connectivity index (χ2v) is 5.75. The van der Waals surface area contributed by atoms with Crippen molar-refractivity contribution in [2.75, 3.05) is 32.7 Å². The lowest BCUT2D eigenvalue weighted by atomic mass is 10.0. The molecule has 0 aromatic carbocycles. The van der Waals surface area contributed by atoms with Gasteiger partial charge < -0.3 is 10.6 Å². The number of piperazine rings is 1. The summed E-state index contributed by atoms with van der Waals surface area (Å²) in [6.07, 6.45) is 1.37. The van der Waals surface area contributed by atoms with Gasteiger partial charge in [0, 0.05) is 44.3 Å². The van der Waals surface area contributed by atoms with Crippen LogP contribution in [0.2, 0.25) is 0 Å². The SMILES string of the molecule is CC1CC1NCC(C)(C)N1CCNCC1. The fourth-order valence-electron chi connectivity index (χ4n) is 2.37. The molecule has 0 aromatic heterocycles. The lowest BCUT2D eigenvalue weighted by molar-refractivity contribution is 0.102. The molecule has 0 bridgehead atoms. The van der Waals surface area contributed by atoms with Crippen LogP contribution in [0.25, 0.3) is 0 Å². The van der Waals surface area contributed by atoms with Crippen LogP contribution in [0, 0.1) is 5.92 Å². The van der Waals surface area contributed by atoms with Crippen LogP contribution in [0.4, 0.5) is 0 Å². The third kappa shape index (κ3) is 2.92. The van der Waals surface area contributed by atoms with Crippen molar-refractivity contribution in [3.05, 3.63) is 0 Å². The molecule has 2 aliphatic rings. The molecule has 15 heavy (non-hydrogen) atoms. The van der Waals surface area contributed by atoms with Crippen LogP contribution >= 0.6 is 0 Å². The molecule has 0 spiro atoms. The molecule has 88 valence electrons. The van der Waals surface area contributed by atoms with E-state index in [1.54, 1.807) is 0 Å². The summed E-state index contributed by atoms with van der Waals surface area (Å²) in [5, 5.41) is 7.09. The summed E-state index contributed by atoms with van der Waals surface area (Å²) in [6.45, 7) is 12.8. The summed E-state index contributed by atoms with van der Waals surface area (Å²) in [5.74, 6) is 0.906. The van der Waals surface area contributed by atoms with Crippen molar-refractivity contribution in [3.63, 3.8) is 0 Å². The molecular weight excluding hydrogens is 186 g/mol. The lowest BCUT2D eigenvalue weighted by Gasteiger charge is -2.41. The van der Waals surface area contributed by atoms with Crippen molar-refractivity contribution in [1.29, 1.82) is 0 Å². The van der Waals surface area contributed by atoms with Crippen molar-refractivity contribution >= 4 is 0 Å². The van der Waals surface area contributed by atoms with Crippen molar-refractivity contribution < 1.29 is 0 Å². The van der Waals surface area contributed by atoms with Gasteiger partial charge in [-0.2, -0.15) is 0 Å². The van der Waals surface area contributed by atoms with Gasteiger partial charge in [0.1, 0.15) is 0 Å². The summed E-state index contributed by atoms with van der Waals surface area (Å²) < 4.78 is 0. The van der Waals surface area contributed by atoms with E-state index in [2.05, 4.69) is 36.3 Å². The first-order chi connectivity index (χ1) is 7.09. The normalized spacial score (nSPS) is 33.0. The van der Waals surface area contributed by atoms with Gasteiger partial charge >= 0.3 is 0 Å². The molecular formula is C12H25N3. The highest BCUT2D eigenvalue weighted by atomic mass is 15.3. The third-order valence-corrected chi connectivity index (χ3v) is 3.88. The predicted molar refractivity (Wildman–Crippen MR) is 64.1 cm³/mol. The summed E-state index contributed by atoms with van der Waals surface area (Å²) >= 11 is 0. The Balaban J connectivity index is 1.76. The minimum absolute atomic E-state index is 0.310. The molecule has 0 aromatic rings. The first-order valence-corrected chi connectivity index (χ1v) is 6.29. The highest BCUT2D eigenvalue weighted by Gasteiger charge is 2.35. The Morgan fingerprint density at radius 3 is 2.47 bits per heavy atom. The van der Waals surface area contributed by atoms with E-state index in [0.717, 1.165) is 31.6 Å². The van der Waals surface area contributed by atoms with Gasteiger partial charge in [0.2, 0.25) is 0 Å². The van der Waals surface area contributed by atoms with Crippen LogP contribution in [-0.2, 0) is 0 Å². The van der Waals surface area contributed by atoms with Crippen LogP contribution in [0.1, 0.15) is 27.2 Å². The zero-order valence-corrected chi connectivity index (χ0v) is 10.3. The van der Waals surface area contributed by atoms with Crippen molar-refractivity contribution in [3.8, 4) is 0 Å². The molecule has 2 fully saturated rings. The maximum Gasteiger partial charge on any atom is 0.0278 e. The highest BCUT2D eigenvalue weighted by molar-refractivity contribution is 4.94. The molecule has 2 rings (SSSR count). The van der Waals surface area contributed by atoms with E-state index < -0.39 is 0 Å². The van der Waals surface area contributed by atoms with Gasteiger partial charge in [-0.3, -0.25) is 4.90 Å². The number of nitrogens with one attached hydrogen (secondary N) is 2. The van der Waals surface area contributed by atoms with Crippen molar-refractivity contribution in [1.82, 2.24) is 15.5 Å². The van der Waals surface area contributed by atoms with Crippen LogP contribution in [0.3, 0.4) is 0 Å². The van der Waals surface area contributed by atoms with Gasteiger partial charge in [-0.1, -0.05) is 6.92 Å². The molecule has 1 aliphatic carbocycles. The zero-order chi connectivity index (χ0) is 10.9. The minimum Gasteiger partial charge on any atom is -0.314 e. The van der Waals surface area contributed by atoms with Crippen LogP contribution < -0.4 is 10.6 Å². The quantitative estimate of drug-likeness (QED) is 0.716. The molecule has 1 aliphatic heterocycles. The third-order valence-electron chi connectivity index (χ3n) is 3.88. The fourth-order valence-corrected chi connectivity index (χ4v) is 2.37. The monoisotopic (exact) mass is 211 g/mol. The van der Waals surface area contributed by atoms with Crippen LogP contribution in [0.15, 0.2) is 0 Å². The molecule has 3 heteroatoms. The van der Waals surface area contributed by atoms with Gasteiger partial charge in [-0.25, -0.2) is 0 Å². The highest BCUT2D eigenvalue weighted by Crippen LogP contribution is 2.29. The lowest BCUT2D eigenvalue weighted by Crippen LogP contribution is -2.57. The molecule has 0 radical (unpaired) electrons. The van der Waals surface area contributed by atoms with E-state index in [1.807, 2.05) is 0 Å². The smallest absolute Gasteiger partial charge is 0.0278 e. The minimum atomic E-state index is 0.310. The Morgan fingerprint density at radius 2 is 1.93 bits per heavy atom. The number of hydrogen-bond acceptors (Lipinski definition) is 3. The second kappa shape index (κ2) is 4.40. The Bertz CT molecular complexity index is 209. The van der Waals surface area contributed by atoms with E-state index in [9.17, 15) is 0 Å². The van der Waals surface area contributed by atoms with Crippen LogP contribution in [-0.4, -0.2) is 49.2 Å². The van der Waals surface area contributed by atoms with Gasteiger partial charge in [-0.15, -0.1) is 0 Å². The summed E-state index contributed by atoms with van der Waals surface area (Å²) in [6, 6.07) is 0.798. The Hall–Kier alpha value is -0.120. The Kier molecular flexibility index (Phi) is 3.33. The topological polar surface area (TPSA) is 27.3 Å². The first-order valence-electron chi connectivity index (χ1n) is 6.29. The van der Waals surface area contributed by atoms with Crippen molar-refractivity contribution in [2.24, 2.45) is 5.92 Å².